The van der Waals surface area contributed by atoms with Crippen molar-refractivity contribution in [3.05, 3.63) is 41.5 Å². The molecule has 2 aliphatic rings. The zero-order valence-corrected chi connectivity index (χ0v) is 21.7. The molecule has 0 radical (unpaired) electrons. The van der Waals surface area contributed by atoms with E-state index in [1.807, 2.05) is 0 Å². The van der Waals surface area contributed by atoms with Crippen LogP contribution in [0.1, 0.15) is 109 Å². The number of halogens is 5. The fourth-order valence-electron chi connectivity index (χ4n) is 6.33. The molecule has 0 aromatic heterocycles. The molecule has 2 saturated carbocycles. The van der Waals surface area contributed by atoms with E-state index in [2.05, 4.69) is 23.8 Å². The lowest BCUT2D eigenvalue weighted by Gasteiger charge is -2.38. The first-order chi connectivity index (χ1) is 17.2. The molecular formula is C30H43F5O. The van der Waals surface area contributed by atoms with Crippen molar-refractivity contribution in [1.82, 2.24) is 0 Å². The van der Waals surface area contributed by atoms with Crippen LogP contribution in [-0.2, 0) is 6.42 Å². The molecule has 1 aromatic rings. The first-order valence-corrected chi connectivity index (χ1v) is 14.1. The Bertz CT molecular complexity index is 779. The molecule has 0 N–H and O–H groups in total. The van der Waals surface area contributed by atoms with Crippen LogP contribution in [0.2, 0.25) is 0 Å². The summed E-state index contributed by atoms with van der Waals surface area (Å²) < 4.78 is 68.4. The van der Waals surface area contributed by atoms with Gasteiger partial charge in [-0.15, -0.1) is 13.2 Å². The molecule has 0 saturated heterocycles. The molecule has 6 heteroatoms. The zero-order chi connectivity index (χ0) is 26.0. The summed E-state index contributed by atoms with van der Waals surface area (Å²) in [5.41, 5.74) is 0.386. The quantitative estimate of drug-likeness (QED) is 0.153. The molecule has 0 spiro atoms. The van der Waals surface area contributed by atoms with Crippen LogP contribution in [0.15, 0.2) is 24.3 Å². The van der Waals surface area contributed by atoms with E-state index in [1.54, 1.807) is 0 Å². The maximum Gasteiger partial charge on any atom is 0.573 e. The molecular weight excluding hydrogens is 471 g/mol. The molecule has 1 aromatic carbocycles. The number of unbranched alkanes of at least 4 members (excludes halogenated alkanes) is 3. The Morgan fingerprint density at radius 1 is 0.778 bits per heavy atom. The van der Waals surface area contributed by atoms with Gasteiger partial charge in [0, 0.05) is 0 Å². The highest BCUT2D eigenvalue weighted by molar-refractivity contribution is 5.31. The van der Waals surface area contributed by atoms with E-state index in [4.69, 9.17) is 0 Å². The van der Waals surface area contributed by atoms with Crippen LogP contribution in [-0.4, -0.2) is 6.36 Å². The summed E-state index contributed by atoms with van der Waals surface area (Å²) in [4.78, 5) is 0. The Labute approximate surface area is 213 Å². The van der Waals surface area contributed by atoms with Gasteiger partial charge in [-0.3, -0.25) is 0 Å². The van der Waals surface area contributed by atoms with Gasteiger partial charge in [0.1, 0.15) is 0 Å². The maximum absolute atomic E-state index is 14.0. The van der Waals surface area contributed by atoms with E-state index in [1.165, 1.54) is 77.0 Å². The van der Waals surface area contributed by atoms with Crippen molar-refractivity contribution in [2.75, 3.05) is 0 Å². The third-order valence-corrected chi connectivity index (χ3v) is 8.42. The number of hydrogen-bond acceptors (Lipinski definition) is 1. The fourth-order valence-corrected chi connectivity index (χ4v) is 6.33. The minimum absolute atomic E-state index is 0.386. The van der Waals surface area contributed by atoms with Gasteiger partial charge in [0.2, 0.25) is 5.75 Å². The molecule has 0 atom stereocenters. The van der Waals surface area contributed by atoms with Crippen molar-refractivity contribution in [2.45, 2.75) is 116 Å². The highest BCUT2D eigenvalue weighted by Gasteiger charge is 2.34. The van der Waals surface area contributed by atoms with Crippen molar-refractivity contribution < 1.29 is 26.7 Å². The maximum atomic E-state index is 14.0. The second kappa shape index (κ2) is 14.4. The Hall–Kier alpha value is -1.59. The van der Waals surface area contributed by atoms with E-state index in [-0.39, 0.29) is 0 Å². The van der Waals surface area contributed by atoms with Gasteiger partial charge in [0.15, 0.2) is 11.6 Å². The van der Waals surface area contributed by atoms with E-state index < -0.39 is 23.7 Å². The first-order valence-electron chi connectivity index (χ1n) is 14.1. The van der Waals surface area contributed by atoms with Crippen molar-refractivity contribution in [1.29, 1.82) is 0 Å². The molecule has 0 unspecified atom stereocenters. The van der Waals surface area contributed by atoms with Gasteiger partial charge >= 0.3 is 6.36 Å². The van der Waals surface area contributed by atoms with E-state index in [0.29, 0.717) is 17.9 Å². The topological polar surface area (TPSA) is 9.23 Å². The standard InChI is InChI=1S/C30H43F5O/c1-2-3-4-5-6-7-8-9-22-12-16-25(17-13-22)26-18-14-23(15-19-26)10-11-24-20-27(31)29(28(32)21-24)36-30(33,34)35/h4-5,20-23,25-26H,2-3,6-19H2,1H3/b5-4+/t22-,23-,25-,26-. The third-order valence-electron chi connectivity index (χ3n) is 8.42. The van der Waals surface area contributed by atoms with Crippen LogP contribution in [0.4, 0.5) is 22.0 Å². The van der Waals surface area contributed by atoms with Crippen LogP contribution in [0.25, 0.3) is 0 Å². The lowest BCUT2D eigenvalue weighted by atomic mass is 9.68. The van der Waals surface area contributed by atoms with Gasteiger partial charge in [-0.1, -0.05) is 64.0 Å². The van der Waals surface area contributed by atoms with Crippen molar-refractivity contribution in [2.24, 2.45) is 23.7 Å². The van der Waals surface area contributed by atoms with Crippen LogP contribution in [0.5, 0.6) is 5.75 Å². The zero-order valence-electron chi connectivity index (χ0n) is 21.7. The molecule has 0 heterocycles. The van der Waals surface area contributed by atoms with Crippen molar-refractivity contribution in [3.8, 4) is 5.75 Å². The number of alkyl halides is 3. The van der Waals surface area contributed by atoms with Crippen molar-refractivity contribution in [3.63, 3.8) is 0 Å². The molecule has 0 aliphatic heterocycles. The van der Waals surface area contributed by atoms with Gasteiger partial charge in [0.05, 0.1) is 0 Å². The largest absolute Gasteiger partial charge is 0.573 e. The second-order valence-corrected chi connectivity index (χ2v) is 11.1. The average molecular weight is 515 g/mol. The molecule has 204 valence electrons. The SMILES string of the molecule is CCC/C=C/CCCC[C@H]1CC[C@H]([C@H]2CC[C@H](CCc3cc(F)c(OC(F)(F)F)c(F)c3)CC2)CC1. The smallest absolute Gasteiger partial charge is 0.399 e. The van der Waals surface area contributed by atoms with Gasteiger partial charge in [-0.2, -0.15) is 0 Å². The van der Waals surface area contributed by atoms with E-state index >= 15 is 0 Å². The van der Waals surface area contributed by atoms with Crippen LogP contribution in [0, 0.1) is 35.3 Å². The Balaban J connectivity index is 1.32. The van der Waals surface area contributed by atoms with E-state index in [9.17, 15) is 22.0 Å². The molecule has 3 rings (SSSR count). The first kappa shape index (κ1) is 29.0. The van der Waals surface area contributed by atoms with Crippen LogP contribution in [0.3, 0.4) is 0 Å². The summed E-state index contributed by atoms with van der Waals surface area (Å²) in [5.74, 6) is -0.896. The van der Waals surface area contributed by atoms with Gasteiger partial charge in [0.25, 0.3) is 0 Å². The van der Waals surface area contributed by atoms with Gasteiger partial charge in [-0.05, 0) is 99.2 Å². The number of ether oxygens (including phenoxy) is 1. The monoisotopic (exact) mass is 514 g/mol. The number of allylic oxidation sites excluding steroid dienone is 2. The highest BCUT2D eigenvalue weighted by Crippen LogP contribution is 2.43. The molecule has 1 nitrogen and oxygen atoms in total. The minimum Gasteiger partial charge on any atom is -0.399 e. The number of benzene rings is 1. The summed E-state index contributed by atoms with van der Waals surface area (Å²) in [5, 5.41) is 0. The minimum atomic E-state index is -5.12. The molecule has 36 heavy (non-hydrogen) atoms. The van der Waals surface area contributed by atoms with E-state index in [0.717, 1.165) is 49.1 Å². The lowest BCUT2D eigenvalue weighted by Crippen LogP contribution is -2.26. The summed E-state index contributed by atoms with van der Waals surface area (Å²) in [6, 6.07) is 1.94. The molecule has 0 bridgehead atoms. The lowest BCUT2D eigenvalue weighted by molar-refractivity contribution is -0.276. The molecule has 2 aliphatic carbocycles. The number of rotatable bonds is 12. The predicted octanol–water partition coefficient (Wildman–Crippen LogP) is 10.3. The summed E-state index contributed by atoms with van der Waals surface area (Å²) in [6.45, 7) is 2.21. The second-order valence-electron chi connectivity index (χ2n) is 11.1. The number of hydrogen-bond donors (Lipinski definition) is 0. The predicted molar refractivity (Wildman–Crippen MR) is 135 cm³/mol. The average Bonchev–Trinajstić information content (AvgIpc) is 2.85. The molecule has 2 fully saturated rings. The Morgan fingerprint density at radius 3 is 1.83 bits per heavy atom. The normalized spacial score (nSPS) is 25.4. The highest BCUT2D eigenvalue weighted by atomic mass is 19.4. The van der Waals surface area contributed by atoms with Crippen LogP contribution >= 0.6 is 0 Å². The molecule has 0 amide bonds. The van der Waals surface area contributed by atoms with Gasteiger partial charge in [-0.25, -0.2) is 8.78 Å². The summed E-state index contributed by atoms with van der Waals surface area (Å²) >= 11 is 0. The van der Waals surface area contributed by atoms with Crippen LogP contribution < -0.4 is 4.74 Å². The van der Waals surface area contributed by atoms with Crippen molar-refractivity contribution >= 4 is 0 Å². The number of aryl methyl sites for hydroxylation is 1. The Kier molecular flexibility index (Phi) is 11.6. The fraction of sp³-hybridized carbons (Fsp3) is 0.733. The Morgan fingerprint density at radius 2 is 1.31 bits per heavy atom. The summed E-state index contributed by atoms with van der Waals surface area (Å²) in [6.07, 6.45) is 18.7. The summed E-state index contributed by atoms with van der Waals surface area (Å²) in [7, 11) is 0. The van der Waals surface area contributed by atoms with Gasteiger partial charge < -0.3 is 4.74 Å². The third kappa shape index (κ3) is 9.70.